The van der Waals surface area contributed by atoms with E-state index in [1.165, 1.54) is 13.0 Å². The van der Waals surface area contributed by atoms with E-state index in [-0.39, 0.29) is 12.8 Å². The van der Waals surface area contributed by atoms with E-state index in [2.05, 4.69) is 6.58 Å². The first-order chi connectivity index (χ1) is 4.12. The Morgan fingerprint density at radius 2 is 2.11 bits per heavy atom. The van der Waals surface area contributed by atoms with E-state index in [4.69, 9.17) is 0 Å². The van der Waals surface area contributed by atoms with Crippen molar-refractivity contribution in [3.63, 3.8) is 0 Å². The number of halogens is 2. The Labute approximate surface area is 54.6 Å². The van der Waals surface area contributed by atoms with Crippen LogP contribution < -0.4 is 0 Å². The molecule has 0 nitrogen and oxygen atoms in total. The van der Waals surface area contributed by atoms with Crippen LogP contribution in [0.15, 0.2) is 12.7 Å². The van der Waals surface area contributed by atoms with Crippen molar-refractivity contribution in [3.8, 4) is 0 Å². The molecule has 0 saturated carbocycles. The zero-order valence-corrected chi connectivity index (χ0v) is 5.66. The number of alkyl halides is 2. The molecule has 0 aromatic rings. The highest BCUT2D eigenvalue weighted by molar-refractivity contribution is 4.72. The number of allylic oxidation sites excluding steroid dienone is 1. The van der Waals surface area contributed by atoms with Crippen molar-refractivity contribution >= 4 is 0 Å². The fourth-order valence-electron chi connectivity index (χ4n) is 0.490. The van der Waals surface area contributed by atoms with E-state index in [0.717, 1.165) is 0 Å². The predicted molar refractivity (Wildman–Crippen MR) is 34.7 cm³/mol. The van der Waals surface area contributed by atoms with Crippen LogP contribution in [0.2, 0.25) is 0 Å². The van der Waals surface area contributed by atoms with Gasteiger partial charge in [0.05, 0.1) is 0 Å². The molecule has 0 aliphatic rings. The highest BCUT2D eigenvalue weighted by Gasteiger charge is 2.23. The molecular formula is C7H12F2. The van der Waals surface area contributed by atoms with Crippen LogP contribution >= 0.6 is 0 Å². The number of hydrogen-bond acceptors (Lipinski definition) is 0. The Balaban J connectivity index is 3.44. The topological polar surface area (TPSA) is 0 Å². The van der Waals surface area contributed by atoms with Crippen LogP contribution in [-0.4, -0.2) is 5.92 Å². The summed E-state index contributed by atoms with van der Waals surface area (Å²) >= 11 is 0. The van der Waals surface area contributed by atoms with E-state index in [1.807, 2.05) is 0 Å². The molecule has 0 fully saturated rings. The van der Waals surface area contributed by atoms with Crippen molar-refractivity contribution < 1.29 is 8.78 Å². The summed E-state index contributed by atoms with van der Waals surface area (Å²) in [6, 6.07) is 0. The minimum atomic E-state index is -2.48. The quantitative estimate of drug-likeness (QED) is 0.518. The van der Waals surface area contributed by atoms with Gasteiger partial charge in [0.1, 0.15) is 0 Å². The molecule has 0 radical (unpaired) electrons. The van der Waals surface area contributed by atoms with E-state index in [0.29, 0.717) is 6.42 Å². The molecule has 0 amide bonds. The van der Waals surface area contributed by atoms with Gasteiger partial charge in [0.2, 0.25) is 5.92 Å². The maximum absolute atomic E-state index is 12.3. The summed E-state index contributed by atoms with van der Waals surface area (Å²) in [7, 11) is 0. The maximum Gasteiger partial charge on any atom is 0.248 e. The zero-order chi connectivity index (χ0) is 7.33. The third-order valence-electron chi connectivity index (χ3n) is 1.23. The fraction of sp³-hybridized carbons (Fsp3) is 0.714. The molecular weight excluding hydrogens is 122 g/mol. The Hall–Kier alpha value is -0.400. The van der Waals surface area contributed by atoms with Crippen LogP contribution in [0.3, 0.4) is 0 Å². The van der Waals surface area contributed by atoms with Crippen LogP contribution in [0.1, 0.15) is 26.2 Å². The fourth-order valence-corrected chi connectivity index (χ4v) is 0.490. The van der Waals surface area contributed by atoms with Crippen molar-refractivity contribution in [2.24, 2.45) is 0 Å². The van der Waals surface area contributed by atoms with Gasteiger partial charge in [-0.1, -0.05) is 13.0 Å². The van der Waals surface area contributed by atoms with Crippen LogP contribution in [0.25, 0.3) is 0 Å². The molecule has 0 saturated heterocycles. The summed E-state index contributed by atoms with van der Waals surface area (Å²) in [4.78, 5) is 0. The molecule has 0 rings (SSSR count). The van der Waals surface area contributed by atoms with Gasteiger partial charge in [0.25, 0.3) is 0 Å². The summed E-state index contributed by atoms with van der Waals surface area (Å²) in [6.07, 6.45) is 1.79. The zero-order valence-electron chi connectivity index (χ0n) is 5.66. The van der Waals surface area contributed by atoms with E-state index in [9.17, 15) is 8.78 Å². The van der Waals surface area contributed by atoms with Crippen LogP contribution in [0.4, 0.5) is 8.78 Å². The van der Waals surface area contributed by atoms with Crippen molar-refractivity contribution in [1.29, 1.82) is 0 Å². The highest BCUT2D eigenvalue weighted by Crippen LogP contribution is 2.23. The summed E-state index contributed by atoms with van der Waals surface area (Å²) < 4.78 is 24.6. The molecule has 0 aromatic carbocycles. The first-order valence-corrected chi connectivity index (χ1v) is 3.11. The lowest BCUT2D eigenvalue weighted by atomic mass is 10.1. The summed E-state index contributed by atoms with van der Waals surface area (Å²) in [6.45, 7) is 4.85. The molecule has 0 N–H and O–H groups in total. The monoisotopic (exact) mass is 134 g/mol. The molecule has 0 aromatic heterocycles. The molecule has 0 aliphatic heterocycles. The first kappa shape index (κ1) is 8.60. The number of hydrogen-bond donors (Lipinski definition) is 0. The molecule has 0 unspecified atom stereocenters. The summed E-state index contributed by atoms with van der Waals surface area (Å²) in [5, 5.41) is 0. The lowest BCUT2D eigenvalue weighted by molar-refractivity contribution is -0.0103. The molecule has 54 valence electrons. The molecule has 9 heavy (non-hydrogen) atoms. The van der Waals surface area contributed by atoms with Crippen molar-refractivity contribution in [3.05, 3.63) is 12.7 Å². The van der Waals surface area contributed by atoms with Crippen molar-refractivity contribution in [1.82, 2.24) is 0 Å². The van der Waals surface area contributed by atoms with Crippen molar-refractivity contribution in [2.45, 2.75) is 32.1 Å². The second-order valence-corrected chi connectivity index (χ2v) is 2.04. The Bertz CT molecular complexity index is 86.9. The van der Waals surface area contributed by atoms with Crippen molar-refractivity contribution in [2.75, 3.05) is 0 Å². The Morgan fingerprint density at radius 1 is 1.56 bits per heavy atom. The molecule has 0 aliphatic carbocycles. The molecule has 0 spiro atoms. The van der Waals surface area contributed by atoms with Gasteiger partial charge in [-0.05, 0) is 6.42 Å². The van der Waals surface area contributed by atoms with Gasteiger partial charge < -0.3 is 0 Å². The maximum atomic E-state index is 12.3. The SMILES string of the molecule is C=CCCC(F)(F)CC. The first-order valence-electron chi connectivity index (χ1n) is 3.11. The van der Waals surface area contributed by atoms with Crippen LogP contribution in [0, 0.1) is 0 Å². The lowest BCUT2D eigenvalue weighted by Gasteiger charge is -2.10. The van der Waals surface area contributed by atoms with Gasteiger partial charge in [-0.15, -0.1) is 6.58 Å². The van der Waals surface area contributed by atoms with E-state index >= 15 is 0 Å². The second-order valence-electron chi connectivity index (χ2n) is 2.04. The minimum Gasteiger partial charge on any atom is -0.207 e. The average molecular weight is 134 g/mol. The molecule has 2 heteroatoms. The van der Waals surface area contributed by atoms with Gasteiger partial charge in [0.15, 0.2) is 0 Å². The Morgan fingerprint density at radius 3 is 2.44 bits per heavy atom. The normalized spacial score (nSPS) is 11.4. The highest BCUT2D eigenvalue weighted by atomic mass is 19.3. The second kappa shape index (κ2) is 3.59. The third-order valence-corrected chi connectivity index (χ3v) is 1.23. The average Bonchev–Trinajstić information content (AvgIpc) is 1.84. The Kier molecular flexibility index (Phi) is 3.43. The largest absolute Gasteiger partial charge is 0.248 e. The summed E-state index contributed by atoms with van der Waals surface area (Å²) in [5.74, 6) is -2.48. The lowest BCUT2D eigenvalue weighted by Crippen LogP contribution is -2.12. The number of rotatable bonds is 4. The van der Waals surface area contributed by atoms with Gasteiger partial charge >= 0.3 is 0 Å². The third kappa shape index (κ3) is 4.13. The van der Waals surface area contributed by atoms with Crippen LogP contribution in [0.5, 0.6) is 0 Å². The van der Waals surface area contributed by atoms with Crippen LogP contribution in [-0.2, 0) is 0 Å². The molecule has 0 bridgehead atoms. The minimum absolute atomic E-state index is 0.0625. The van der Waals surface area contributed by atoms with Gasteiger partial charge in [-0.2, -0.15) is 0 Å². The smallest absolute Gasteiger partial charge is 0.207 e. The van der Waals surface area contributed by atoms with Gasteiger partial charge in [-0.25, -0.2) is 8.78 Å². The summed E-state index contributed by atoms with van der Waals surface area (Å²) in [5.41, 5.74) is 0. The van der Waals surface area contributed by atoms with E-state index < -0.39 is 5.92 Å². The van der Waals surface area contributed by atoms with E-state index in [1.54, 1.807) is 0 Å². The predicted octanol–water partition coefficient (Wildman–Crippen LogP) is 3.00. The standard InChI is InChI=1S/C7H12F2/c1-3-5-6-7(8,9)4-2/h3H,1,4-6H2,2H3. The molecule has 0 heterocycles. The molecule has 0 atom stereocenters. The van der Waals surface area contributed by atoms with Gasteiger partial charge in [0, 0.05) is 12.8 Å². The van der Waals surface area contributed by atoms with Gasteiger partial charge in [-0.3, -0.25) is 0 Å².